The number of nitrogens with one attached hydrogen (secondary N) is 1. The highest BCUT2D eigenvalue weighted by molar-refractivity contribution is 6.36. The minimum atomic E-state index is -4.92. The van der Waals surface area contributed by atoms with Crippen LogP contribution in [0, 0.1) is 17.6 Å². The molecule has 0 unspecified atom stereocenters. The molecule has 1 aromatic carbocycles. The van der Waals surface area contributed by atoms with Crippen molar-refractivity contribution in [1.29, 1.82) is 0 Å². The summed E-state index contributed by atoms with van der Waals surface area (Å²) in [6, 6.07) is 1.98. The fourth-order valence-corrected chi connectivity index (χ4v) is 2.08. The van der Waals surface area contributed by atoms with E-state index >= 15 is 0 Å². The number of carbonyl (C=O) groups is 2. The van der Waals surface area contributed by atoms with Gasteiger partial charge in [0.05, 0.1) is 5.56 Å². The van der Waals surface area contributed by atoms with Crippen LogP contribution in [0.5, 0.6) is 0 Å². The molecule has 0 spiro atoms. The molecule has 0 fully saturated rings. The van der Waals surface area contributed by atoms with E-state index in [-0.39, 0.29) is 17.9 Å². The summed E-state index contributed by atoms with van der Waals surface area (Å²) in [4.78, 5) is 26.2. The quantitative estimate of drug-likeness (QED) is 0.604. The van der Waals surface area contributed by atoms with Gasteiger partial charge in [0.2, 0.25) is 11.6 Å². The molecule has 27 heavy (non-hydrogen) atoms. The molecule has 0 saturated carbocycles. The molecule has 1 N–H and O–H groups in total. The van der Waals surface area contributed by atoms with Crippen molar-refractivity contribution in [2.75, 3.05) is 0 Å². The van der Waals surface area contributed by atoms with Crippen LogP contribution in [0.3, 0.4) is 0 Å². The van der Waals surface area contributed by atoms with Crippen LogP contribution in [0.15, 0.2) is 16.7 Å². The highest BCUT2D eigenvalue weighted by Gasteiger charge is 2.39. The molecule has 2 rings (SSSR count). The topological polar surface area (TPSA) is 85.1 Å². The summed E-state index contributed by atoms with van der Waals surface area (Å²) in [7, 11) is 0. The van der Waals surface area contributed by atoms with Crippen molar-refractivity contribution in [3.8, 4) is 11.4 Å². The van der Waals surface area contributed by atoms with Crippen LogP contribution in [0.4, 0.5) is 22.0 Å². The summed E-state index contributed by atoms with van der Waals surface area (Å²) >= 11 is 0. The number of rotatable bonds is 6. The number of alkyl halides is 3. The second-order valence-corrected chi connectivity index (χ2v) is 6.02. The monoisotopic (exact) mass is 391 g/mol. The van der Waals surface area contributed by atoms with Crippen LogP contribution in [0.2, 0.25) is 0 Å². The van der Waals surface area contributed by atoms with E-state index in [0.717, 1.165) is 12.1 Å². The third-order valence-corrected chi connectivity index (χ3v) is 3.36. The highest BCUT2D eigenvalue weighted by atomic mass is 19.4. The van der Waals surface area contributed by atoms with E-state index in [0.29, 0.717) is 0 Å². The lowest BCUT2D eigenvalue weighted by Crippen LogP contribution is -2.31. The van der Waals surface area contributed by atoms with Gasteiger partial charge in [-0.05, 0) is 12.0 Å². The summed E-state index contributed by atoms with van der Waals surface area (Å²) in [5.41, 5.74) is -0.945. The van der Waals surface area contributed by atoms with Gasteiger partial charge in [-0.25, -0.2) is 8.78 Å². The van der Waals surface area contributed by atoms with Gasteiger partial charge < -0.3 is 9.84 Å². The molecule has 6 nitrogen and oxygen atoms in total. The highest BCUT2D eigenvalue weighted by Crippen LogP contribution is 2.30. The molecule has 146 valence electrons. The first-order chi connectivity index (χ1) is 12.5. The number of ketones is 1. The Morgan fingerprint density at radius 2 is 1.85 bits per heavy atom. The average Bonchev–Trinajstić information content (AvgIpc) is 3.05. The third kappa shape index (κ3) is 4.86. The molecule has 0 aliphatic carbocycles. The second kappa shape index (κ2) is 7.80. The lowest BCUT2D eigenvalue weighted by Gasteiger charge is -2.08. The number of halogens is 5. The Balaban J connectivity index is 2.16. The normalized spacial score (nSPS) is 11.7. The maximum atomic E-state index is 14.2. The second-order valence-electron chi connectivity index (χ2n) is 6.02. The molecule has 0 saturated heterocycles. The molecular formula is C16H14F5N3O3. The van der Waals surface area contributed by atoms with E-state index in [1.807, 2.05) is 0 Å². The zero-order chi connectivity index (χ0) is 20.4. The largest absolute Gasteiger partial charge is 0.471 e. The predicted molar refractivity (Wildman–Crippen MR) is 81.0 cm³/mol. The standard InChI is InChI=1S/C16H14F5N3O3/c1-7(2)5-10(25)14(26)22-6-8-3-4-9(12(18)11(8)17)13-23-15(27-24-13)16(19,20)21/h3-4,7H,5-6H2,1-2H3,(H,22,26). The Morgan fingerprint density at radius 3 is 2.41 bits per heavy atom. The summed E-state index contributed by atoms with van der Waals surface area (Å²) in [6.45, 7) is 2.99. The molecule has 2 aromatic rings. The minimum absolute atomic E-state index is 0.000974. The van der Waals surface area contributed by atoms with Crippen LogP contribution in [0.25, 0.3) is 11.4 Å². The Hall–Kier alpha value is -2.85. The Morgan fingerprint density at radius 1 is 1.19 bits per heavy atom. The molecule has 0 radical (unpaired) electrons. The molecule has 0 aliphatic heterocycles. The maximum absolute atomic E-state index is 14.2. The average molecular weight is 391 g/mol. The number of Topliss-reactive ketones (excluding diaryl/α,β-unsaturated/α-hetero) is 1. The number of aromatic nitrogens is 2. The fraction of sp³-hybridized carbons (Fsp3) is 0.375. The van der Waals surface area contributed by atoms with Crippen molar-refractivity contribution < 1.29 is 36.1 Å². The smallest absolute Gasteiger partial charge is 0.345 e. The molecule has 0 aliphatic rings. The van der Waals surface area contributed by atoms with E-state index in [1.165, 1.54) is 0 Å². The molecular weight excluding hydrogens is 377 g/mol. The Bertz CT molecular complexity index is 861. The van der Waals surface area contributed by atoms with Gasteiger partial charge in [-0.3, -0.25) is 9.59 Å². The number of hydrogen-bond donors (Lipinski definition) is 1. The molecule has 1 amide bonds. The molecule has 0 atom stereocenters. The van der Waals surface area contributed by atoms with Crippen LogP contribution >= 0.6 is 0 Å². The summed E-state index contributed by atoms with van der Waals surface area (Å²) in [5, 5.41) is 5.14. The third-order valence-electron chi connectivity index (χ3n) is 3.36. The fourth-order valence-electron chi connectivity index (χ4n) is 2.08. The molecule has 11 heteroatoms. The first-order valence-electron chi connectivity index (χ1n) is 7.69. The zero-order valence-corrected chi connectivity index (χ0v) is 14.2. The van der Waals surface area contributed by atoms with Crippen molar-refractivity contribution >= 4 is 11.7 Å². The van der Waals surface area contributed by atoms with Crippen LogP contribution in [0.1, 0.15) is 31.7 Å². The van der Waals surface area contributed by atoms with Crippen molar-refractivity contribution in [1.82, 2.24) is 15.5 Å². The predicted octanol–water partition coefficient (Wildman–Crippen LogP) is 3.27. The molecule has 1 aromatic heterocycles. The Kier molecular flexibility index (Phi) is 5.91. The van der Waals surface area contributed by atoms with E-state index in [9.17, 15) is 31.5 Å². The number of amides is 1. The van der Waals surface area contributed by atoms with E-state index in [4.69, 9.17) is 0 Å². The van der Waals surface area contributed by atoms with Crippen molar-refractivity contribution in [3.63, 3.8) is 0 Å². The SMILES string of the molecule is CC(C)CC(=O)C(=O)NCc1ccc(-c2noc(C(F)(F)F)n2)c(F)c1F. The van der Waals surface area contributed by atoms with Crippen LogP contribution < -0.4 is 5.32 Å². The first kappa shape index (κ1) is 20.5. The van der Waals surface area contributed by atoms with Crippen molar-refractivity contribution in [3.05, 3.63) is 35.2 Å². The van der Waals surface area contributed by atoms with E-state index in [1.54, 1.807) is 13.8 Å². The molecule has 1 heterocycles. The van der Waals surface area contributed by atoms with E-state index < -0.39 is 53.3 Å². The number of benzene rings is 1. The van der Waals surface area contributed by atoms with Gasteiger partial charge in [-0.1, -0.05) is 25.1 Å². The van der Waals surface area contributed by atoms with Gasteiger partial charge in [-0.15, -0.1) is 0 Å². The summed E-state index contributed by atoms with van der Waals surface area (Å²) < 4.78 is 69.6. The van der Waals surface area contributed by atoms with Gasteiger partial charge in [0, 0.05) is 18.5 Å². The van der Waals surface area contributed by atoms with Gasteiger partial charge >= 0.3 is 12.1 Å². The summed E-state index contributed by atoms with van der Waals surface area (Å²) in [6.07, 6.45) is -4.92. The number of nitrogens with zero attached hydrogens (tertiary/aromatic N) is 2. The number of hydrogen-bond acceptors (Lipinski definition) is 5. The summed E-state index contributed by atoms with van der Waals surface area (Å²) in [5.74, 6) is -7.09. The van der Waals surface area contributed by atoms with Crippen molar-refractivity contribution in [2.24, 2.45) is 5.92 Å². The molecule has 0 bridgehead atoms. The first-order valence-corrected chi connectivity index (χ1v) is 7.69. The number of carbonyl (C=O) groups excluding carboxylic acids is 2. The minimum Gasteiger partial charge on any atom is -0.345 e. The lowest BCUT2D eigenvalue weighted by atomic mass is 10.1. The van der Waals surface area contributed by atoms with Crippen LogP contribution in [-0.2, 0) is 22.3 Å². The lowest BCUT2D eigenvalue weighted by molar-refractivity contribution is -0.159. The van der Waals surface area contributed by atoms with Crippen molar-refractivity contribution in [2.45, 2.75) is 33.0 Å². The van der Waals surface area contributed by atoms with Gasteiger partial charge in [-0.2, -0.15) is 18.2 Å². The Labute approximate surface area is 149 Å². The van der Waals surface area contributed by atoms with Crippen LogP contribution in [-0.4, -0.2) is 21.8 Å². The van der Waals surface area contributed by atoms with E-state index in [2.05, 4.69) is 20.0 Å². The van der Waals surface area contributed by atoms with Gasteiger partial charge in [0.25, 0.3) is 5.91 Å². The zero-order valence-electron chi connectivity index (χ0n) is 14.2. The van der Waals surface area contributed by atoms with Gasteiger partial charge in [0.15, 0.2) is 11.6 Å². The van der Waals surface area contributed by atoms with Gasteiger partial charge in [0.1, 0.15) is 0 Å². The maximum Gasteiger partial charge on any atom is 0.471 e.